The fourth-order valence-electron chi connectivity index (χ4n) is 2.48. The zero-order valence-corrected chi connectivity index (χ0v) is 11.7. The van der Waals surface area contributed by atoms with Gasteiger partial charge < -0.3 is 5.11 Å². The van der Waals surface area contributed by atoms with Gasteiger partial charge in [-0.2, -0.15) is 13.2 Å². The van der Waals surface area contributed by atoms with Crippen LogP contribution < -0.4 is 0 Å². The quantitative estimate of drug-likeness (QED) is 0.611. The van der Waals surface area contributed by atoms with Gasteiger partial charge in [0.15, 0.2) is 0 Å². The predicted octanol–water partition coefficient (Wildman–Crippen LogP) is 5.36. The van der Waals surface area contributed by atoms with Crippen LogP contribution in [0, 0.1) is 0 Å². The monoisotopic (exact) mass is 324 g/mol. The fraction of sp³-hybridized carbons (Fsp3) is 0.0625. The second-order valence-electron chi connectivity index (χ2n) is 4.85. The Bertz CT molecular complexity index is 917. The molecule has 0 bridgehead atoms. The summed E-state index contributed by atoms with van der Waals surface area (Å²) in [5.74, 6) is -1.14. The molecule has 0 atom stereocenters. The summed E-state index contributed by atoms with van der Waals surface area (Å²) in [6, 6.07) is 9.07. The molecule has 0 aromatic heterocycles. The normalized spacial score (nSPS) is 12.0. The second-order valence-corrected chi connectivity index (χ2v) is 5.29. The van der Waals surface area contributed by atoms with Crippen molar-refractivity contribution in [3.05, 3.63) is 58.6 Å². The van der Waals surface area contributed by atoms with E-state index in [1.54, 1.807) is 0 Å². The maximum absolute atomic E-state index is 12.9. The van der Waals surface area contributed by atoms with Crippen LogP contribution >= 0.6 is 11.6 Å². The highest BCUT2D eigenvalue weighted by atomic mass is 35.5. The molecule has 0 saturated carbocycles. The number of halogens is 4. The number of carboxylic acid groups (broad SMARTS) is 1. The van der Waals surface area contributed by atoms with E-state index in [1.165, 1.54) is 30.3 Å². The minimum absolute atomic E-state index is 0.0268. The SMILES string of the molecule is O=C(O)c1cc2ccc(C(F)(F)F)cc2c2cc(Cl)ccc12. The van der Waals surface area contributed by atoms with Gasteiger partial charge in [-0.05, 0) is 51.9 Å². The van der Waals surface area contributed by atoms with E-state index in [0.717, 1.165) is 12.1 Å². The van der Waals surface area contributed by atoms with Gasteiger partial charge >= 0.3 is 12.1 Å². The summed E-state index contributed by atoms with van der Waals surface area (Å²) >= 11 is 5.91. The maximum atomic E-state index is 12.9. The number of hydrogen-bond donors (Lipinski definition) is 1. The Morgan fingerprint density at radius 1 is 0.955 bits per heavy atom. The van der Waals surface area contributed by atoms with Gasteiger partial charge in [0.2, 0.25) is 0 Å². The van der Waals surface area contributed by atoms with Crippen LogP contribution in [0.3, 0.4) is 0 Å². The first-order valence-electron chi connectivity index (χ1n) is 6.24. The molecule has 0 aliphatic heterocycles. The third kappa shape index (κ3) is 2.37. The Morgan fingerprint density at radius 2 is 1.68 bits per heavy atom. The van der Waals surface area contributed by atoms with Gasteiger partial charge in [0.05, 0.1) is 11.1 Å². The molecule has 0 fully saturated rings. The van der Waals surface area contributed by atoms with Crippen LogP contribution in [0.25, 0.3) is 21.5 Å². The molecule has 3 aromatic carbocycles. The Morgan fingerprint density at radius 3 is 2.32 bits per heavy atom. The van der Waals surface area contributed by atoms with E-state index in [2.05, 4.69) is 0 Å². The van der Waals surface area contributed by atoms with E-state index < -0.39 is 17.7 Å². The lowest BCUT2D eigenvalue weighted by atomic mass is 9.96. The summed E-state index contributed by atoms with van der Waals surface area (Å²) in [6.07, 6.45) is -4.47. The molecule has 0 saturated heterocycles. The number of fused-ring (bicyclic) bond motifs is 3. The van der Waals surface area contributed by atoms with E-state index in [-0.39, 0.29) is 5.56 Å². The van der Waals surface area contributed by atoms with E-state index in [0.29, 0.717) is 26.6 Å². The number of carbonyl (C=O) groups is 1. The number of aromatic carboxylic acids is 1. The number of benzene rings is 3. The molecule has 1 N–H and O–H groups in total. The van der Waals surface area contributed by atoms with Gasteiger partial charge in [0.1, 0.15) is 0 Å². The third-order valence-electron chi connectivity index (χ3n) is 3.47. The van der Waals surface area contributed by atoms with Crippen molar-refractivity contribution in [1.29, 1.82) is 0 Å². The second kappa shape index (κ2) is 4.88. The van der Waals surface area contributed by atoms with Gasteiger partial charge in [0, 0.05) is 5.02 Å². The molecule has 0 spiro atoms. The zero-order valence-electron chi connectivity index (χ0n) is 10.9. The van der Waals surface area contributed by atoms with Crippen LogP contribution in [0.2, 0.25) is 5.02 Å². The molecule has 0 aliphatic carbocycles. The predicted molar refractivity (Wildman–Crippen MR) is 78.4 cm³/mol. The van der Waals surface area contributed by atoms with E-state index in [1.807, 2.05) is 0 Å². The van der Waals surface area contributed by atoms with Crippen molar-refractivity contribution in [1.82, 2.24) is 0 Å². The molecule has 3 aromatic rings. The molecular formula is C16H8ClF3O2. The van der Waals surface area contributed by atoms with Crippen molar-refractivity contribution in [2.45, 2.75) is 6.18 Å². The van der Waals surface area contributed by atoms with Gasteiger partial charge in [-0.1, -0.05) is 23.7 Å². The molecule has 6 heteroatoms. The van der Waals surface area contributed by atoms with Gasteiger partial charge in [0.25, 0.3) is 0 Å². The summed E-state index contributed by atoms with van der Waals surface area (Å²) in [4.78, 5) is 11.4. The highest BCUT2D eigenvalue weighted by Crippen LogP contribution is 2.36. The highest BCUT2D eigenvalue weighted by molar-refractivity contribution is 6.32. The standard InChI is InChI=1S/C16H8ClF3O2/c17-10-3-4-11-13(7-10)12-6-9(16(18,19)20)2-1-8(12)5-14(11)15(21)22/h1-7H,(H,21,22). The molecule has 112 valence electrons. The zero-order chi connectivity index (χ0) is 16.1. The Hall–Kier alpha value is -2.27. The maximum Gasteiger partial charge on any atom is 0.416 e. The molecule has 22 heavy (non-hydrogen) atoms. The van der Waals surface area contributed by atoms with Gasteiger partial charge in [-0.15, -0.1) is 0 Å². The minimum Gasteiger partial charge on any atom is -0.478 e. The minimum atomic E-state index is -4.47. The smallest absolute Gasteiger partial charge is 0.416 e. The van der Waals surface area contributed by atoms with Crippen LogP contribution in [0.4, 0.5) is 13.2 Å². The first-order chi connectivity index (χ1) is 10.3. The summed E-state index contributed by atoms with van der Waals surface area (Å²) < 4.78 is 38.6. The molecule has 3 rings (SSSR count). The van der Waals surface area contributed by atoms with Crippen LogP contribution in [0.5, 0.6) is 0 Å². The summed E-state index contributed by atoms with van der Waals surface area (Å²) in [7, 11) is 0. The van der Waals surface area contributed by atoms with Crippen molar-refractivity contribution in [2.75, 3.05) is 0 Å². The molecule has 0 amide bonds. The van der Waals surface area contributed by atoms with Crippen molar-refractivity contribution < 1.29 is 23.1 Å². The lowest BCUT2D eigenvalue weighted by Crippen LogP contribution is -2.05. The van der Waals surface area contributed by atoms with Crippen molar-refractivity contribution in [2.24, 2.45) is 0 Å². The Labute approximate surface area is 127 Å². The van der Waals surface area contributed by atoms with E-state index >= 15 is 0 Å². The Kier molecular flexibility index (Phi) is 3.25. The van der Waals surface area contributed by atoms with Crippen LogP contribution in [-0.4, -0.2) is 11.1 Å². The molecule has 2 nitrogen and oxygen atoms in total. The molecule has 0 aliphatic rings. The molecule has 0 unspecified atom stereocenters. The lowest BCUT2D eigenvalue weighted by Gasteiger charge is -2.11. The highest BCUT2D eigenvalue weighted by Gasteiger charge is 2.30. The van der Waals surface area contributed by atoms with Gasteiger partial charge in [-0.25, -0.2) is 4.79 Å². The number of carboxylic acids is 1. The number of hydrogen-bond acceptors (Lipinski definition) is 1. The summed E-state index contributed by atoms with van der Waals surface area (Å²) in [5.41, 5.74) is -0.761. The van der Waals surface area contributed by atoms with Crippen LogP contribution in [0.15, 0.2) is 42.5 Å². The average molecular weight is 325 g/mol. The largest absolute Gasteiger partial charge is 0.478 e. The molecule has 0 heterocycles. The Balaban J connectivity index is 2.48. The fourth-order valence-corrected chi connectivity index (χ4v) is 2.65. The third-order valence-corrected chi connectivity index (χ3v) is 3.71. The van der Waals surface area contributed by atoms with Crippen LogP contribution in [0.1, 0.15) is 15.9 Å². The molecular weight excluding hydrogens is 317 g/mol. The lowest BCUT2D eigenvalue weighted by molar-refractivity contribution is -0.137. The number of rotatable bonds is 1. The van der Waals surface area contributed by atoms with Crippen molar-refractivity contribution in [3.63, 3.8) is 0 Å². The first-order valence-corrected chi connectivity index (χ1v) is 6.62. The van der Waals surface area contributed by atoms with Gasteiger partial charge in [-0.3, -0.25) is 0 Å². The first kappa shape index (κ1) is 14.7. The summed E-state index contributed by atoms with van der Waals surface area (Å²) in [5, 5.41) is 11.1. The van der Waals surface area contributed by atoms with Crippen LogP contribution in [-0.2, 0) is 6.18 Å². The number of alkyl halides is 3. The van der Waals surface area contributed by atoms with E-state index in [4.69, 9.17) is 11.6 Å². The average Bonchev–Trinajstić information content (AvgIpc) is 2.44. The topological polar surface area (TPSA) is 37.3 Å². The van der Waals surface area contributed by atoms with Crippen molar-refractivity contribution >= 4 is 39.1 Å². The van der Waals surface area contributed by atoms with Crippen molar-refractivity contribution in [3.8, 4) is 0 Å². The summed E-state index contributed by atoms with van der Waals surface area (Å²) in [6.45, 7) is 0. The van der Waals surface area contributed by atoms with E-state index in [9.17, 15) is 23.1 Å². The molecule has 0 radical (unpaired) electrons.